The van der Waals surface area contributed by atoms with Crippen LogP contribution >= 0.6 is 0 Å². The Hall–Kier alpha value is -3.22. The highest BCUT2D eigenvalue weighted by Gasteiger charge is 2.23. The topological polar surface area (TPSA) is 81.2 Å². The fourth-order valence-electron chi connectivity index (χ4n) is 2.15. The molecule has 0 spiro atoms. The van der Waals surface area contributed by atoms with E-state index in [0.717, 1.165) is 17.7 Å². The summed E-state index contributed by atoms with van der Waals surface area (Å²) >= 11 is 0. The van der Waals surface area contributed by atoms with Gasteiger partial charge in [-0.15, -0.1) is 0 Å². The SMILES string of the molecule is Cc1ccc(Nc2oc(-c3c(F)cccc3F)nc2C(N)=O)cc1. The van der Waals surface area contributed by atoms with Crippen molar-refractivity contribution >= 4 is 17.5 Å². The summed E-state index contributed by atoms with van der Waals surface area (Å²) in [6, 6.07) is 10.6. The minimum Gasteiger partial charge on any atom is -0.419 e. The molecule has 3 aromatic rings. The second kappa shape index (κ2) is 6.11. The Kier molecular flexibility index (Phi) is 3.99. The number of anilines is 2. The van der Waals surface area contributed by atoms with Gasteiger partial charge in [-0.05, 0) is 31.2 Å². The molecule has 7 heteroatoms. The van der Waals surface area contributed by atoms with Gasteiger partial charge in [0.25, 0.3) is 5.91 Å². The smallest absolute Gasteiger partial charge is 0.273 e. The van der Waals surface area contributed by atoms with Gasteiger partial charge >= 0.3 is 0 Å². The van der Waals surface area contributed by atoms with Crippen LogP contribution in [0.1, 0.15) is 16.1 Å². The van der Waals surface area contributed by atoms with Crippen LogP contribution in [0.2, 0.25) is 0 Å². The zero-order chi connectivity index (χ0) is 17.3. The number of nitrogens with two attached hydrogens (primary N) is 1. The zero-order valence-electron chi connectivity index (χ0n) is 12.6. The molecule has 3 rings (SSSR count). The molecule has 122 valence electrons. The van der Waals surface area contributed by atoms with Gasteiger partial charge in [0, 0.05) is 5.69 Å². The highest BCUT2D eigenvalue weighted by Crippen LogP contribution is 2.31. The third kappa shape index (κ3) is 2.96. The van der Waals surface area contributed by atoms with Crippen LogP contribution in [-0.4, -0.2) is 10.9 Å². The fourth-order valence-corrected chi connectivity index (χ4v) is 2.15. The van der Waals surface area contributed by atoms with E-state index < -0.39 is 23.1 Å². The van der Waals surface area contributed by atoms with Gasteiger partial charge in [-0.2, -0.15) is 0 Å². The minimum atomic E-state index is -0.878. The first-order valence-corrected chi connectivity index (χ1v) is 7.04. The maximum absolute atomic E-state index is 13.9. The monoisotopic (exact) mass is 329 g/mol. The van der Waals surface area contributed by atoms with Gasteiger partial charge in [-0.1, -0.05) is 23.8 Å². The third-order valence-corrected chi connectivity index (χ3v) is 3.35. The lowest BCUT2D eigenvalue weighted by Gasteiger charge is -2.04. The molecule has 5 nitrogen and oxygen atoms in total. The van der Waals surface area contributed by atoms with E-state index >= 15 is 0 Å². The molecule has 0 aliphatic carbocycles. The Morgan fingerprint density at radius 1 is 1.12 bits per heavy atom. The summed E-state index contributed by atoms with van der Waals surface area (Å²) in [4.78, 5) is 15.4. The first-order valence-electron chi connectivity index (χ1n) is 7.04. The number of nitrogens with one attached hydrogen (secondary N) is 1. The molecule has 0 unspecified atom stereocenters. The van der Waals surface area contributed by atoms with Crippen molar-refractivity contribution < 1.29 is 18.0 Å². The number of aryl methyl sites for hydroxylation is 1. The van der Waals surface area contributed by atoms with Gasteiger partial charge in [-0.3, -0.25) is 4.79 Å². The van der Waals surface area contributed by atoms with E-state index in [9.17, 15) is 13.6 Å². The number of oxazole rings is 1. The molecular weight excluding hydrogens is 316 g/mol. The van der Waals surface area contributed by atoms with Crippen LogP contribution in [0, 0.1) is 18.6 Å². The summed E-state index contributed by atoms with van der Waals surface area (Å²) < 4.78 is 33.1. The molecule has 1 amide bonds. The summed E-state index contributed by atoms with van der Waals surface area (Å²) in [5.74, 6) is -3.03. The molecule has 0 aliphatic rings. The van der Waals surface area contributed by atoms with Gasteiger partial charge in [0.1, 0.15) is 17.2 Å². The Labute approximate surface area is 136 Å². The molecule has 2 aromatic carbocycles. The number of carbonyl (C=O) groups excluding carboxylic acids is 1. The van der Waals surface area contributed by atoms with Crippen molar-refractivity contribution in [3.05, 3.63) is 65.4 Å². The van der Waals surface area contributed by atoms with Crippen molar-refractivity contribution in [3.63, 3.8) is 0 Å². The van der Waals surface area contributed by atoms with Gasteiger partial charge < -0.3 is 15.5 Å². The normalized spacial score (nSPS) is 10.6. The Balaban J connectivity index is 2.05. The van der Waals surface area contributed by atoms with Crippen LogP contribution in [0.4, 0.5) is 20.4 Å². The molecule has 0 bridgehead atoms. The number of primary amides is 1. The van der Waals surface area contributed by atoms with Crippen LogP contribution in [0.25, 0.3) is 11.5 Å². The van der Waals surface area contributed by atoms with Gasteiger partial charge in [-0.25, -0.2) is 13.8 Å². The molecular formula is C17H13F2N3O2. The summed E-state index contributed by atoms with van der Waals surface area (Å²) in [6.07, 6.45) is 0. The summed E-state index contributed by atoms with van der Waals surface area (Å²) in [6.45, 7) is 1.92. The summed E-state index contributed by atoms with van der Waals surface area (Å²) in [5.41, 5.74) is 6.22. The number of benzene rings is 2. The van der Waals surface area contributed by atoms with E-state index in [1.165, 1.54) is 6.07 Å². The number of amides is 1. The number of hydrogen-bond donors (Lipinski definition) is 2. The molecule has 0 aliphatic heterocycles. The Morgan fingerprint density at radius 3 is 2.33 bits per heavy atom. The first-order chi connectivity index (χ1) is 11.5. The van der Waals surface area contributed by atoms with Crippen LogP contribution < -0.4 is 11.1 Å². The van der Waals surface area contributed by atoms with E-state index in [2.05, 4.69) is 10.3 Å². The van der Waals surface area contributed by atoms with Crippen LogP contribution in [0.5, 0.6) is 0 Å². The van der Waals surface area contributed by atoms with Crippen molar-refractivity contribution in [2.24, 2.45) is 5.73 Å². The maximum atomic E-state index is 13.9. The highest BCUT2D eigenvalue weighted by atomic mass is 19.1. The molecule has 1 aromatic heterocycles. The molecule has 0 fully saturated rings. The second-order valence-corrected chi connectivity index (χ2v) is 5.15. The number of hydrogen-bond acceptors (Lipinski definition) is 4. The van der Waals surface area contributed by atoms with E-state index in [1.54, 1.807) is 12.1 Å². The number of carbonyl (C=O) groups is 1. The zero-order valence-corrected chi connectivity index (χ0v) is 12.6. The number of nitrogens with zero attached hydrogens (tertiary/aromatic N) is 1. The van der Waals surface area contributed by atoms with E-state index in [-0.39, 0.29) is 17.5 Å². The van der Waals surface area contributed by atoms with E-state index in [1.807, 2.05) is 19.1 Å². The molecule has 0 saturated carbocycles. The second-order valence-electron chi connectivity index (χ2n) is 5.15. The van der Waals surface area contributed by atoms with Crippen LogP contribution in [0.3, 0.4) is 0 Å². The number of rotatable bonds is 4. The molecule has 24 heavy (non-hydrogen) atoms. The third-order valence-electron chi connectivity index (χ3n) is 3.35. The minimum absolute atomic E-state index is 0.0796. The highest BCUT2D eigenvalue weighted by molar-refractivity contribution is 5.96. The Bertz CT molecular complexity index is 884. The average Bonchev–Trinajstić information content (AvgIpc) is 2.93. The summed E-state index contributed by atoms with van der Waals surface area (Å²) in [7, 11) is 0. The van der Waals surface area contributed by atoms with E-state index in [0.29, 0.717) is 5.69 Å². The number of halogens is 2. The van der Waals surface area contributed by atoms with E-state index in [4.69, 9.17) is 10.2 Å². The maximum Gasteiger partial charge on any atom is 0.273 e. The van der Waals surface area contributed by atoms with Crippen molar-refractivity contribution in [2.75, 3.05) is 5.32 Å². The van der Waals surface area contributed by atoms with Crippen molar-refractivity contribution in [3.8, 4) is 11.5 Å². The standard InChI is InChI=1S/C17H13F2N3O2/c1-9-5-7-10(8-6-9)21-17-14(15(20)23)22-16(24-17)13-11(18)3-2-4-12(13)19/h2-8,21H,1H3,(H2,20,23). The van der Waals surface area contributed by atoms with Crippen molar-refractivity contribution in [1.29, 1.82) is 0 Å². The van der Waals surface area contributed by atoms with Gasteiger partial charge in [0.15, 0.2) is 5.69 Å². The summed E-state index contributed by atoms with van der Waals surface area (Å²) in [5, 5.41) is 2.84. The van der Waals surface area contributed by atoms with Crippen LogP contribution in [-0.2, 0) is 0 Å². The molecule has 0 atom stereocenters. The lowest BCUT2D eigenvalue weighted by molar-refractivity contribution is 0.0996. The molecule has 3 N–H and O–H groups in total. The Morgan fingerprint density at radius 2 is 1.75 bits per heavy atom. The molecule has 0 saturated heterocycles. The predicted octanol–water partition coefficient (Wildman–Crippen LogP) is 3.77. The van der Waals surface area contributed by atoms with Gasteiger partial charge in [0.05, 0.1) is 0 Å². The average molecular weight is 329 g/mol. The van der Waals surface area contributed by atoms with Crippen molar-refractivity contribution in [2.45, 2.75) is 6.92 Å². The quantitative estimate of drug-likeness (QED) is 0.763. The lowest BCUT2D eigenvalue weighted by Crippen LogP contribution is -2.13. The fraction of sp³-hybridized carbons (Fsp3) is 0.0588. The predicted molar refractivity (Wildman–Crippen MR) is 84.8 cm³/mol. The number of aromatic nitrogens is 1. The lowest BCUT2D eigenvalue weighted by atomic mass is 10.2. The largest absolute Gasteiger partial charge is 0.419 e. The molecule has 1 heterocycles. The molecule has 0 radical (unpaired) electrons. The van der Waals surface area contributed by atoms with Gasteiger partial charge in [0.2, 0.25) is 11.8 Å². The first kappa shape index (κ1) is 15.7. The van der Waals surface area contributed by atoms with Crippen LogP contribution in [0.15, 0.2) is 46.9 Å². The van der Waals surface area contributed by atoms with Crippen molar-refractivity contribution in [1.82, 2.24) is 4.98 Å².